The molecule has 13 aromatic rings. The van der Waals surface area contributed by atoms with E-state index >= 15 is 0 Å². The average molecular weight is 1840 g/mol. The van der Waals surface area contributed by atoms with Crippen molar-refractivity contribution in [1.82, 2.24) is 59.5 Å². The number of benzene rings is 4. The summed E-state index contributed by atoms with van der Waals surface area (Å²) in [7, 11) is 0. The third-order valence-corrected chi connectivity index (χ3v) is 27.2. The minimum atomic E-state index is -4.25. The molecule has 9 aromatic heterocycles. The third-order valence-electron chi connectivity index (χ3n) is 23.1. The molecule has 0 saturated carbocycles. The molecule has 0 amide bonds. The van der Waals surface area contributed by atoms with Gasteiger partial charge in [-0.2, -0.15) is 52.7 Å². The summed E-state index contributed by atoms with van der Waals surface area (Å²) in [6, 6.07) is 36.6. The Morgan fingerprint density at radius 1 is 0.477 bits per heavy atom. The van der Waals surface area contributed by atoms with Gasteiger partial charge in [0.15, 0.2) is 5.58 Å². The van der Waals surface area contributed by atoms with Gasteiger partial charge >= 0.3 is 24.7 Å². The molecule has 0 spiro atoms. The van der Waals surface area contributed by atoms with Crippen molar-refractivity contribution in [2.24, 2.45) is 4.99 Å². The number of aliphatic hydroxyl groups excluding tert-OH is 1. The standard InChI is InChI=1S/C23H20F3N5OS.2C23H24F3N5S.C22H24F3N3OS.CH4/c1-2-20-30-18-4-3-14(9-19(18)32-20)12-31-7-5-15(6-8-31)29-21-17-10-16(11-23(24,25)26)33-22(17)28-13-27-21;2*1-14-8-16-3-2-15(9-20(16)29-14)12-31-6-4-17(5-7-31)30-21-19-10-18(11-23(24,25)26)32-22(19)28-13-27-21;23-22(24,25)11-18-10-19-20(16(14-29)12-26-21(19)30-18)27-17-6-8-28(9-7-17)13-15-4-2-1-3-5-15;/h1,3-4,9-10,13,15H,5-8,11-12H2,(H,27,28,29);2-3,9-10,13,17H,4-8,11-12H2,1H3,(H,27,28,30);2-3,9-10,13,17,29H,1,4-8,11-12H2,(H,27,28,30);1-5,10,12,17,29H,6-9,11,13-14H2,(H,26,27);1H4. The Kier molecular flexibility index (Phi) is 29.0. The normalized spacial score (nSPS) is 16.7. The van der Waals surface area contributed by atoms with E-state index in [1.165, 1.54) is 52.5 Å². The van der Waals surface area contributed by atoms with Gasteiger partial charge in [-0.15, -0.1) is 51.8 Å². The van der Waals surface area contributed by atoms with Gasteiger partial charge in [-0.05, 0) is 146 Å². The van der Waals surface area contributed by atoms with Crippen LogP contribution in [-0.2, 0) is 71.3 Å². The van der Waals surface area contributed by atoms with E-state index in [9.17, 15) is 57.8 Å². The summed E-state index contributed by atoms with van der Waals surface area (Å²) >= 11 is 4.29. The van der Waals surface area contributed by atoms with Gasteiger partial charge in [0, 0.05) is 169 Å². The Labute approximate surface area is 747 Å². The van der Waals surface area contributed by atoms with Crippen LogP contribution < -0.4 is 26.6 Å². The van der Waals surface area contributed by atoms with Crippen molar-refractivity contribution in [2.45, 2.75) is 186 Å². The molecule has 674 valence electrons. The number of terminal acetylenes is 1. The van der Waals surface area contributed by atoms with Crippen LogP contribution in [-0.4, -0.2) is 172 Å². The van der Waals surface area contributed by atoms with Gasteiger partial charge in [0.2, 0.25) is 0 Å². The molecular weight excluding hydrogens is 1750 g/mol. The Hall–Kier alpha value is -10.5. The van der Waals surface area contributed by atoms with E-state index in [0.717, 1.165) is 216 Å². The summed E-state index contributed by atoms with van der Waals surface area (Å²) in [6.07, 6.45) is -0.245. The lowest BCUT2D eigenvalue weighted by molar-refractivity contribution is -0.127. The topological polar surface area (TPSA) is 222 Å². The number of piperidine rings is 4. The van der Waals surface area contributed by atoms with Crippen LogP contribution in [0.2, 0.25) is 0 Å². The van der Waals surface area contributed by atoms with Crippen molar-refractivity contribution in [3.63, 3.8) is 0 Å². The number of alkyl halides is 12. The first-order valence-electron chi connectivity index (χ1n) is 42.0. The van der Waals surface area contributed by atoms with Crippen molar-refractivity contribution in [3.05, 3.63) is 211 Å². The van der Waals surface area contributed by atoms with Crippen molar-refractivity contribution in [1.29, 1.82) is 0 Å². The van der Waals surface area contributed by atoms with Crippen LogP contribution in [0, 0.1) is 12.3 Å². The van der Waals surface area contributed by atoms with E-state index in [2.05, 4.69) is 159 Å². The van der Waals surface area contributed by atoms with E-state index in [1.807, 2.05) is 36.4 Å². The molecular formula is C92H96F12N18O2S4. The number of thiophene rings is 4. The lowest BCUT2D eigenvalue weighted by atomic mass is 10.0. The molecule has 4 fully saturated rings. The first-order chi connectivity index (χ1) is 60.9. The van der Waals surface area contributed by atoms with Gasteiger partial charge < -0.3 is 36.1 Å². The zero-order valence-electron chi connectivity index (χ0n) is 69.2. The van der Waals surface area contributed by atoms with E-state index in [4.69, 9.17) is 10.8 Å². The van der Waals surface area contributed by atoms with E-state index in [1.54, 1.807) is 30.5 Å². The van der Waals surface area contributed by atoms with Crippen LogP contribution in [0.3, 0.4) is 0 Å². The summed E-state index contributed by atoms with van der Waals surface area (Å²) in [5, 5.41) is 29.6. The number of nitrogens with zero attached hydrogens (tertiary/aromatic N) is 13. The zero-order chi connectivity index (χ0) is 88.7. The quantitative estimate of drug-likeness (QED) is 0.0291. The van der Waals surface area contributed by atoms with Crippen molar-refractivity contribution in [2.75, 3.05) is 78.9 Å². The number of fused-ring (bicyclic) bond motifs is 7. The van der Waals surface area contributed by atoms with Crippen molar-refractivity contribution >= 4 is 138 Å². The number of nitrogens with one attached hydrogen (secondary N) is 5. The summed E-state index contributed by atoms with van der Waals surface area (Å²) in [5.74, 6) is 4.55. The first-order valence-corrected chi connectivity index (χ1v) is 45.2. The number of oxazole rings is 1. The molecule has 36 heteroatoms. The van der Waals surface area contributed by atoms with E-state index in [0.29, 0.717) is 75.2 Å². The number of rotatable bonds is 21. The molecule has 0 unspecified atom stereocenters. The maximum absolute atomic E-state index is 12.8. The molecule has 0 atom stereocenters. The summed E-state index contributed by atoms with van der Waals surface area (Å²) in [6.45, 7) is 16.8. The Morgan fingerprint density at radius 3 is 1.31 bits per heavy atom. The number of hydrogen-bond acceptors (Lipinski definition) is 24. The van der Waals surface area contributed by atoms with Crippen molar-refractivity contribution < 1.29 is 62.2 Å². The molecule has 6 aliphatic rings. The van der Waals surface area contributed by atoms with E-state index in [-0.39, 0.29) is 63.6 Å². The second-order valence-electron chi connectivity index (χ2n) is 33.0. The molecule has 20 nitrogen and oxygen atoms in total. The smallest absolute Gasteiger partial charge is 0.393 e. The SMILES string of the molecule is C.C#Cc1nc2ccc(CN3CCC(Nc4ncnc5sc(CC(F)(F)F)cc45)CC3)cc2o1.C=C1Cc2ccc(CN3CCC(Nc4ncnc5sc(CC(F)(F)F)cc45)CC3)cc2N1.CC1=Nc2cc(CN3CCC(Nc4ncnc5sc(CC(F)(F)F)cc45)CC3)ccc2C1.OCc1cnc2sc(CC(F)(F)F)cc2c1NC1CCN(Cc2ccccc2)CC1. The Morgan fingerprint density at radius 2 is 0.875 bits per heavy atom. The number of aromatic nitrogens is 8. The number of allylic oxidation sites excluding steroid dienone is 1. The summed E-state index contributed by atoms with van der Waals surface area (Å²) in [4.78, 5) is 51.4. The number of aliphatic imine (C=N–C) groups is 1. The van der Waals surface area contributed by atoms with Crippen LogP contribution in [0.15, 0.2) is 156 Å². The maximum atomic E-state index is 12.8. The second-order valence-corrected chi connectivity index (χ2v) is 37.5. The summed E-state index contributed by atoms with van der Waals surface area (Å²) in [5.41, 5.74) is 14.8. The lowest BCUT2D eigenvalue weighted by Crippen LogP contribution is -2.38. The minimum absolute atomic E-state index is 0. The maximum Gasteiger partial charge on any atom is 0.393 e. The molecule has 4 aromatic carbocycles. The molecule has 6 aliphatic heterocycles. The average Bonchev–Trinajstić information content (AvgIpc) is 1.63. The van der Waals surface area contributed by atoms with Gasteiger partial charge in [0.25, 0.3) is 5.89 Å². The highest BCUT2D eigenvalue weighted by Gasteiger charge is 2.35. The number of anilines is 5. The summed E-state index contributed by atoms with van der Waals surface area (Å²) < 4.78 is 159. The number of likely N-dealkylation sites (tertiary alicyclic amines) is 4. The number of halogens is 12. The molecule has 6 N–H and O–H groups in total. The molecule has 0 bridgehead atoms. The van der Waals surface area contributed by atoms with Crippen LogP contribution >= 0.6 is 45.3 Å². The van der Waals surface area contributed by atoms with Gasteiger partial charge in [-0.3, -0.25) is 24.6 Å². The minimum Gasteiger partial charge on any atom is -0.430 e. The number of aliphatic hydroxyl groups is 1. The van der Waals surface area contributed by atoms with Crippen molar-refractivity contribution in [3.8, 4) is 12.3 Å². The molecule has 0 aliphatic carbocycles. The number of hydrogen-bond donors (Lipinski definition) is 6. The third kappa shape index (κ3) is 24.7. The Balaban J connectivity index is 0.000000131. The largest absolute Gasteiger partial charge is 0.430 e. The molecule has 19 rings (SSSR count). The second kappa shape index (κ2) is 40.3. The Bertz CT molecular complexity index is 6090. The molecule has 4 saturated heterocycles. The highest BCUT2D eigenvalue weighted by Crippen LogP contribution is 2.41. The highest BCUT2D eigenvalue weighted by molar-refractivity contribution is 7.19. The number of pyridine rings is 1. The van der Waals surface area contributed by atoms with Gasteiger partial charge in [0.1, 0.15) is 61.3 Å². The van der Waals surface area contributed by atoms with Gasteiger partial charge in [-0.25, -0.2) is 39.9 Å². The van der Waals surface area contributed by atoms with Crippen LogP contribution in [0.1, 0.15) is 130 Å². The predicted octanol–water partition coefficient (Wildman–Crippen LogP) is 21.5. The highest BCUT2D eigenvalue weighted by atomic mass is 32.1. The fourth-order valence-corrected chi connectivity index (χ4v) is 21.1. The zero-order valence-corrected chi connectivity index (χ0v) is 72.5. The molecule has 15 heterocycles. The van der Waals surface area contributed by atoms with Gasteiger partial charge in [0.05, 0.1) is 59.8 Å². The molecule has 0 radical (unpaired) electrons. The fraction of sp³-hybridized carbons (Fsp3) is 0.402. The first kappa shape index (κ1) is 92.2. The molecule has 128 heavy (non-hydrogen) atoms. The van der Waals surface area contributed by atoms with E-state index < -0.39 is 50.4 Å². The fourth-order valence-electron chi connectivity index (χ4n) is 17.0. The lowest BCUT2D eigenvalue weighted by Gasteiger charge is -2.33. The van der Waals surface area contributed by atoms with Gasteiger partial charge in [-0.1, -0.05) is 74.7 Å². The van der Waals surface area contributed by atoms with Crippen LogP contribution in [0.5, 0.6) is 0 Å². The predicted molar refractivity (Wildman–Crippen MR) is 485 cm³/mol. The van der Waals surface area contributed by atoms with Crippen LogP contribution in [0.4, 0.5) is 87.2 Å². The monoisotopic (exact) mass is 1840 g/mol. The van der Waals surface area contributed by atoms with Crippen LogP contribution in [0.25, 0.3) is 52.0 Å².